The first-order valence-electron chi connectivity index (χ1n) is 8.27. The van der Waals surface area contributed by atoms with Gasteiger partial charge in [-0.2, -0.15) is 0 Å². The normalized spacial score (nSPS) is 20.8. The molecule has 2 aromatic rings. The van der Waals surface area contributed by atoms with Gasteiger partial charge in [0.15, 0.2) is 0 Å². The molecule has 25 heavy (non-hydrogen) atoms. The molecule has 3 nitrogen and oxygen atoms in total. The Morgan fingerprint density at radius 2 is 1.88 bits per heavy atom. The molecule has 1 saturated carbocycles. The van der Waals surface area contributed by atoms with Crippen LogP contribution in [0.4, 0.5) is 0 Å². The zero-order valence-electron chi connectivity index (χ0n) is 14.3. The number of nitrogens with zero attached hydrogens (tertiary/aromatic N) is 1. The summed E-state index contributed by atoms with van der Waals surface area (Å²) < 4.78 is 5.66. The number of amides is 1. The Morgan fingerprint density at radius 3 is 2.48 bits per heavy atom. The van der Waals surface area contributed by atoms with E-state index in [1.807, 2.05) is 47.4 Å². The monoisotopic (exact) mass is 377 g/mol. The molecule has 1 aliphatic carbocycles. The fourth-order valence-electron chi connectivity index (χ4n) is 3.40. The van der Waals surface area contributed by atoms with E-state index in [1.165, 1.54) is 0 Å². The van der Waals surface area contributed by atoms with Gasteiger partial charge in [0.1, 0.15) is 10.3 Å². The summed E-state index contributed by atoms with van der Waals surface area (Å²) in [6, 6.07) is 13.7. The third-order valence-electron chi connectivity index (χ3n) is 4.94. The first-order chi connectivity index (χ1) is 11.9. The minimum absolute atomic E-state index is 0.0554. The van der Waals surface area contributed by atoms with Crippen molar-refractivity contribution in [3.05, 3.63) is 70.6 Å². The van der Waals surface area contributed by atoms with E-state index in [0.29, 0.717) is 13.1 Å². The van der Waals surface area contributed by atoms with Gasteiger partial charge in [-0.15, -0.1) is 0 Å². The summed E-state index contributed by atoms with van der Waals surface area (Å²) in [5, 5.41) is 0. The van der Waals surface area contributed by atoms with E-state index in [9.17, 15) is 4.79 Å². The van der Waals surface area contributed by atoms with Crippen molar-refractivity contribution in [3.8, 4) is 0 Å². The van der Waals surface area contributed by atoms with Gasteiger partial charge in [-0.3, -0.25) is 4.79 Å². The summed E-state index contributed by atoms with van der Waals surface area (Å²) >= 11 is 11.6. The zero-order chi connectivity index (χ0) is 18.0. The molecule has 1 heterocycles. The van der Waals surface area contributed by atoms with Crippen molar-refractivity contribution in [2.75, 3.05) is 0 Å². The lowest BCUT2D eigenvalue weighted by Crippen LogP contribution is -2.32. The largest absolute Gasteiger partial charge is 0.467 e. The molecule has 0 spiro atoms. The summed E-state index contributed by atoms with van der Waals surface area (Å²) in [7, 11) is 0. The number of furan rings is 1. The Bertz CT molecular complexity index is 749. The number of carbonyl (C=O) groups is 1. The van der Waals surface area contributed by atoms with E-state index < -0.39 is 0 Å². The minimum atomic E-state index is -0.149. The lowest BCUT2D eigenvalue weighted by atomic mass is 10.1. The quantitative estimate of drug-likeness (QED) is 0.674. The lowest BCUT2D eigenvalue weighted by molar-refractivity contribution is -0.135. The van der Waals surface area contributed by atoms with Crippen LogP contribution in [-0.4, -0.2) is 10.8 Å². The molecule has 0 radical (unpaired) electrons. The third-order valence-corrected chi connectivity index (χ3v) is 5.19. The van der Waals surface area contributed by atoms with Crippen LogP contribution in [0.2, 0.25) is 0 Å². The van der Waals surface area contributed by atoms with Crippen molar-refractivity contribution in [1.82, 2.24) is 4.90 Å². The van der Waals surface area contributed by atoms with Gasteiger partial charge in [0, 0.05) is 6.54 Å². The van der Waals surface area contributed by atoms with E-state index >= 15 is 0 Å². The average molecular weight is 378 g/mol. The van der Waals surface area contributed by atoms with Crippen LogP contribution in [0.15, 0.2) is 63.7 Å². The molecule has 0 aliphatic heterocycles. The molecule has 132 valence electrons. The van der Waals surface area contributed by atoms with Gasteiger partial charge in [0.25, 0.3) is 0 Å². The molecule has 0 bridgehead atoms. The Morgan fingerprint density at radius 1 is 1.16 bits per heavy atom. The molecule has 5 heteroatoms. The Balaban J connectivity index is 1.81. The lowest BCUT2D eigenvalue weighted by Gasteiger charge is -2.23. The van der Waals surface area contributed by atoms with Crippen LogP contribution in [-0.2, 0) is 17.9 Å². The second-order valence-corrected chi connectivity index (χ2v) is 8.05. The number of hydrogen-bond acceptors (Lipinski definition) is 2. The van der Waals surface area contributed by atoms with Crippen molar-refractivity contribution in [2.24, 2.45) is 17.3 Å². The molecule has 2 unspecified atom stereocenters. The Labute approximate surface area is 158 Å². The maximum Gasteiger partial charge on any atom is 0.227 e. The molecule has 1 aromatic carbocycles. The highest BCUT2D eigenvalue weighted by Gasteiger charge is 2.61. The molecule has 3 rings (SSSR count). The van der Waals surface area contributed by atoms with Gasteiger partial charge in [0.05, 0.1) is 18.7 Å². The SMILES string of the molecule is CC1(C)C(C=C(Cl)Cl)C1C(=O)N(Cc1ccccc1)Cc1ccco1. The van der Waals surface area contributed by atoms with Crippen LogP contribution in [0.3, 0.4) is 0 Å². The summed E-state index contributed by atoms with van der Waals surface area (Å²) in [6.45, 7) is 5.12. The van der Waals surface area contributed by atoms with Crippen LogP contribution < -0.4 is 0 Å². The maximum absolute atomic E-state index is 13.2. The van der Waals surface area contributed by atoms with E-state index in [0.717, 1.165) is 11.3 Å². The smallest absolute Gasteiger partial charge is 0.227 e. The van der Waals surface area contributed by atoms with Crippen LogP contribution in [0.25, 0.3) is 0 Å². The van der Waals surface area contributed by atoms with E-state index in [2.05, 4.69) is 13.8 Å². The molecular formula is C20H21Cl2NO2. The van der Waals surface area contributed by atoms with Crippen molar-refractivity contribution in [1.29, 1.82) is 0 Å². The summed E-state index contributed by atoms with van der Waals surface area (Å²) in [6.07, 6.45) is 3.40. The van der Waals surface area contributed by atoms with Crippen molar-refractivity contribution < 1.29 is 9.21 Å². The van der Waals surface area contributed by atoms with Gasteiger partial charge in [-0.25, -0.2) is 0 Å². The van der Waals surface area contributed by atoms with Crippen molar-refractivity contribution >= 4 is 29.1 Å². The Hall–Kier alpha value is -1.71. The second kappa shape index (κ2) is 7.27. The highest BCUT2D eigenvalue weighted by molar-refractivity contribution is 6.55. The van der Waals surface area contributed by atoms with Gasteiger partial charge < -0.3 is 9.32 Å². The number of rotatable bonds is 6. The molecule has 1 amide bonds. The first kappa shape index (κ1) is 18.1. The fourth-order valence-corrected chi connectivity index (χ4v) is 3.67. The molecule has 0 N–H and O–H groups in total. The van der Waals surface area contributed by atoms with Gasteiger partial charge in [0.2, 0.25) is 5.91 Å². The molecule has 1 aliphatic rings. The summed E-state index contributed by atoms with van der Waals surface area (Å²) in [5.74, 6) is 0.796. The predicted molar refractivity (Wildman–Crippen MR) is 100.0 cm³/mol. The summed E-state index contributed by atoms with van der Waals surface area (Å²) in [4.78, 5) is 15.1. The van der Waals surface area contributed by atoms with Crippen LogP contribution in [0, 0.1) is 17.3 Å². The van der Waals surface area contributed by atoms with Gasteiger partial charge in [-0.1, -0.05) is 67.4 Å². The van der Waals surface area contributed by atoms with Gasteiger partial charge in [-0.05, 0) is 35.1 Å². The number of hydrogen-bond donors (Lipinski definition) is 0. The number of carbonyl (C=O) groups excluding carboxylic acids is 1. The van der Waals surface area contributed by atoms with E-state index in [-0.39, 0.29) is 27.6 Å². The highest BCUT2D eigenvalue weighted by Crippen LogP contribution is 2.60. The summed E-state index contributed by atoms with van der Waals surface area (Å²) in [5.41, 5.74) is 0.938. The minimum Gasteiger partial charge on any atom is -0.467 e. The number of halogens is 2. The average Bonchev–Trinajstić information content (AvgIpc) is 2.92. The van der Waals surface area contributed by atoms with Gasteiger partial charge >= 0.3 is 0 Å². The maximum atomic E-state index is 13.2. The van der Waals surface area contributed by atoms with Crippen LogP contribution in [0.1, 0.15) is 25.2 Å². The second-order valence-electron chi connectivity index (χ2n) is 7.04. The molecule has 0 saturated heterocycles. The van der Waals surface area contributed by atoms with Crippen LogP contribution in [0.5, 0.6) is 0 Å². The molecule has 1 fully saturated rings. The van der Waals surface area contributed by atoms with Crippen LogP contribution >= 0.6 is 23.2 Å². The molecular weight excluding hydrogens is 357 g/mol. The standard InChI is InChI=1S/C20H21Cl2NO2/c1-20(2)16(11-17(21)22)18(20)19(24)23(13-15-9-6-10-25-15)12-14-7-4-3-5-8-14/h3-11,16,18H,12-13H2,1-2H3. The van der Waals surface area contributed by atoms with E-state index in [1.54, 1.807) is 12.3 Å². The fraction of sp³-hybridized carbons (Fsp3) is 0.350. The first-order valence-corrected chi connectivity index (χ1v) is 9.03. The third kappa shape index (κ3) is 4.10. The topological polar surface area (TPSA) is 33.5 Å². The molecule has 2 atom stereocenters. The highest BCUT2D eigenvalue weighted by atomic mass is 35.5. The number of benzene rings is 1. The van der Waals surface area contributed by atoms with Crippen molar-refractivity contribution in [2.45, 2.75) is 26.9 Å². The Kier molecular flexibility index (Phi) is 5.26. The van der Waals surface area contributed by atoms with Crippen molar-refractivity contribution in [3.63, 3.8) is 0 Å². The predicted octanol–water partition coefficient (Wildman–Crippen LogP) is 5.40. The molecule has 1 aromatic heterocycles. The van der Waals surface area contributed by atoms with E-state index in [4.69, 9.17) is 27.6 Å². The number of allylic oxidation sites excluding steroid dienone is 1. The zero-order valence-corrected chi connectivity index (χ0v) is 15.8.